The van der Waals surface area contributed by atoms with Gasteiger partial charge in [-0.1, -0.05) is 88.5 Å². The SMILES string of the molecule is CC1=CCC(N(c2ccc(-c3ccc(-n4c5ccc(C)cc5c5cc(C)cc(C)c54)cc3)cc2)c2ccc(C)cc2C)C(C)=C1. The van der Waals surface area contributed by atoms with Gasteiger partial charge in [0.1, 0.15) is 0 Å². The molecule has 1 aliphatic carbocycles. The largest absolute Gasteiger partial charge is 0.334 e. The van der Waals surface area contributed by atoms with Crippen LogP contribution in [0.4, 0.5) is 11.4 Å². The van der Waals surface area contributed by atoms with Crippen molar-refractivity contribution in [3.63, 3.8) is 0 Å². The number of hydrogen-bond acceptors (Lipinski definition) is 1. The monoisotopic (exact) mass is 586 g/mol. The Kier molecular flexibility index (Phi) is 7.25. The highest BCUT2D eigenvalue weighted by atomic mass is 15.2. The molecule has 1 unspecified atom stereocenters. The first kappa shape index (κ1) is 28.9. The lowest BCUT2D eigenvalue weighted by molar-refractivity contribution is 0.734. The van der Waals surface area contributed by atoms with E-state index in [9.17, 15) is 0 Å². The molecule has 0 bridgehead atoms. The molecule has 0 saturated heterocycles. The molecule has 2 nitrogen and oxygen atoms in total. The first-order valence-electron chi connectivity index (χ1n) is 16.1. The second-order valence-corrected chi connectivity index (χ2v) is 13.2. The number of nitrogens with zero attached hydrogens (tertiary/aromatic N) is 2. The maximum absolute atomic E-state index is 2.53. The summed E-state index contributed by atoms with van der Waals surface area (Å²) in [5.41, 5.74) is 17.9. The molecule has 0 saturated carbocycles. The summed E-state index contributed by atoms with van der Waals surface area (Å²) in [7, 11) is 0. The van der Waals surface area contributed by atoms with E-state index in [1.807, 2.05) is 0 Å². The minimum Gasteiger partial charge on any atom is -0.334 e. The van der Waals surface area contributed by atoms with Crippen LogP contribution in [0.5, 0.6) is 0 Å². The van der Waals surface area contributed by atoms with E-state index in [2.05, 4.69) is 167 Å². The third-order valence-electron chi connectivity index (χ3n) is 9.52. The zero-order valence-electron chi connectivity index (χ0n) is 27.6. The van der Waals surface area contributed by atoms with Crippen molar-refractivity contribution in [1.29, 1.82) is 0 Å². The molecule has 1 aromatic heterocycles. The van der Waals surface area contributed by atoms with Gasteiger partial charge in [0, 0.05) is 27.8 Å². The number of aromatic nitrogens is 1. The van der Waals surface area contributed by atoms with Gasteiger partial charge in [-0.2, -0.15) is 0 Å². The van der Waals surface area contributed by atoms with Crippen molar-refractivity contribution in [2.45, 2.75) is 60.9 Å². The van der Waals surface area contributed by atoms with Crippen LogP contribution in [0.3, 0.4) is 0 Å². The Labute approximate surface area is 268 Å². The second-order valence-electron chi connectivity index (χ2n) is 13.2. The molecule has 0 amide bonds. The van der Waals surface area contributed by atoms with Crippen molar-refractivity contribution in [3.05, 3.63) is 148 Å². The smallest absolute Gasteiger partial charge is 0.0586 e. The first-order chi connectivity index (χ1) is 21.7. The maximum Gasteiger partial charge on any atom is 0.0586 e. The maximum atomic E-state index is 2.53. The van der Waals surface area contributed by atoms with Crippen LogP contribution in [-0.2, 0) is 0 Å². The summed E-state index contributed by atoms with van der Waals surface area (Å²) in [5, 5.41) is 2.64. The van der Waals surface area contributed by atoms with Crippen LogP contribution in [0, 0.1) is 34.6 Å². The number of aryl methyl sites for hydroxylation is 5. The van der Waals surface area contributed by atoms with Crippen molar-refractivity contribution < 1.29 is 0 Å². The van der Waals surface area contributed by atoms with E-state index in [4.69, 9.17) is 0 Å². The number of hydrogen-bond donors (Lipinski definition) is 0. The molecule has 5 aromatic carbocycles. The van der Waals surface area contributed by atoms with Gasteiger partial charge in [-0.25, -0.2) is 0 Å². The summed E-state index contributed by atoms with van der Waals surface area (Å²) in [6.07, 6.45) is 5.71. The van der Waals surface area contributed by atoms with Crippen LogP contribution in [0.25, 0.3) is 38.6 Å². The summed E-state index contributed by atoms with van der Waals surface area (Å²) in [5.74, 6) is 0. The predicted octanol–water partition coefficient (Wildman–Crippen LogP) is 11.8. The lowest BCUT2D eigenvalue weighted by Gasteiger charge is -2.37. The first-order valence-corrected chi connectivity index (χ1v) is 16.1. The standard InChI is InChI=1S/C43H42N2/c1-27-8-19-40(31(5)22-27)44(41-20-9-28(2)23-32(41)6)36-15-11-34(12-16-36)35-13-17-37(18-14-35)45-42-21-10-29(3)25-38(42)39-26-30(4)24-33(7)43(39)45/h8-19,21-26,41H,20H2,1-7H3. The van der Waals surface area contributed by atoms with Crippen LogP contribution in [0.2, 0.25) is 0 Å². The summed E-state index contributed by atoms with van der Waals surface area (Å²) in [4.78, 5) is 2.53. The average Bonchev–Trinajstić information content (AvgIpc) is 3.33. The molecule has 7 rings (SSSR count). The quantitative estimate of drug-likeness (QED) is 0.195. The van der Waals surface area contributed by atoms with E-state index < -0.39 is 0 Å². The van der Waals surface area contributed by atoms with E-state index in [0.717, 1.165) is 6.42 Å². The second kappa shape index (κ2) is 11.3. The lowest BCUT2D eigenvalue weighted by atomic mass is 9.93. The van der Waals surface area contributed by atoms with Crippen molar-refractivity contribution >= 4 is 33.2 Å². The van der Waals surface area contributed by atoms with Gasteiger partial charge in [0.2, 0.25) is 0 Å². The Morgan fingerprint density at radius 3 is 1.91 bits per heavy atom. The van der Waals surface area contributed by atoms with E-state index in [0.29, 0.717) is 6.04 Å². The van der Waals surface area contributed by atoms with E-state index in [1.165, 1.54) is 89.0 Å². The zero-order valence-corrected chi connectivity index (χ0v) is 27.6. The minimum atomic E-state index is 0.294. The van der Waals surface area contributed by atoms with Gasteiger partial charge in [-0.05, 0) is 126 Å². The van der Waals surface area contributed by atoms with Gasteiger partial charge in [0.05, 0.1) is 17.1 Å². The minimum absolute atomic E-state index is 0.294. The Balaban J connectivity index is 1.26. The summed E-state index contributed by atoms with van der Waals surface area (Å²) in [6.45, 7) is 15.5. The summed E-state index contributed by atoms with van der Waals surface area (Å²) in [6, 6.07) is 36.8. The van der Waals surface area contributed by atoms with Gasteiger partial charge in [-0.3, -0.25) is 0 Å². The van der Waals surface area contributed by atoms with Crippen molar-refractivity contribution in [2.75, 3.05) is 4.90 Å². The van der Waals surface area contributed by atoms with Gasteiger partial charge in [0.25, 0.3) is 0 Å². The summed E-state index contributed by atoms with van der Waals surface area (Å²) >= 11 is 0. The Hall–Kier alpha value is -4.82. The Morgan fingerprint density at radius 2 is 1.22 bits per heavy atom. The van der Waals surface area contributed by atoms with Gasteiger partial charge >= 0.3 is 0 Å². The van der Waals surface area contributed by atoms with Crippen LogP contribution in [0.15, 0.2) is 120 Å². The molecule has 224 valence electrons. The Morgan fingerprint density at radius 1 is 0.600 bits per heavy atom. The normalized spacial score (nSPS) is 15.0. The van der Waals surface area contributed by atoms with Gasteiger partial charge < -0.3 is 9.47 Å². The number of anilines is 2. The molecule has 1 aliphatic rings. The highest BCUT2D eigenvalue weighted by Crippen LogP contribution is 2.39. The highest BCUT2D eigenvalue weighted by Gasteiger charge is 2.25. The third kappa shape index (κ3) is 5.19. The van der Waals surface area contributed by atoms with Crippen LogP contribution in [-0.4, -0.2) is 10.6 Å². The molecule has 0 fully saturated rings. The predicted molar refractivity (Wildman–Crippen MR) is 194 cm³/mol. The van der Waals surface area contributed by atoms with Crippen LogP contribution >= 0.6 is 0 Å². The molecule has 0 radical (unpaired) electrons. The van der Waals surface area contributed by atoms with Crippen LogP contribution in [0.1, 0.15) is 48.1 Å². The number of rotatable bonds is 5. The zero-order chi connectivity index (χ0) is 31.4. The Bertz CT molecular complexity index is 2140. The van der Waals surface area contributed by atoms with Crippen LogP contribution < -0.4 is 4.90 Å². The van der Waals surface area contributed by atoms with E-state index in [-0.39, 0.29) is 0 Å². The fourth-order valence-corrected chi connectivity index (χ4v) is 7.40. The highest BCUT2D eigenvalue weighted by molar-refractivity contribution is 6.10. The molecule has 1 atom stereocenters. The number of allylic oxidation sites excluding steroid dienone is 2. The molecule has 0 aliphatic heterocycles. The number of fused-ring (bicyclic) bond motifs is 3. The lowest BCUT2D eigenvalue weighted by Crippen LogP contribution is -2.33. The topological polar surface area (TPSA) is 8.17 Å². The van der Waals surface area contributed by atoms with Gasteiger partial charge in [-0.15, -0.1) is 0 Å². The fourth-order valence-electron chi connectivity index (χ4n) is 7.40. The molecule has 2 heteroatoms. The van der Waals surface area contributed by atoms with Crippen molar-refractivity contribution in [2.24, 2.45) is 0 Å². The molecule has 0 N–H and O–H groups in total. The van der Waals surface area contributed by atoms with Crippen molar-refractivity contribution in [1.82, 2.24) is 4.57 Å². The van der Waals surface area contributed by atoms with E-state index in [1.54, 1.807) is 0 Å². The molecule has 6 aromatic rings. The molecule has 45 heavy (non-hydrogen) atoms. The number of benzene rings is 5. The molecule has 0 spiro atoms. The molecular weight excluding hydrogens is 544 g/mol. The van der Waals surface area contributed by atoms with Crippen molar-refractivity contribution in [3.8, 4) is 16.8 Å². The fraction of sp³-hybridized carbons (Fsp3) is 0.209. The summed E-state index contributed by atoms with van der Waals surface area (Å²) < 4.78 is 2.43. The third-order valence-corrected chi connectivity index (χ3v) is 9.52. The van der Waals surface area contributed by atoms with Gasteiger partial charge in [0.15, 0.2) is 0 Å². The van der Waals surface area contributed by atoms with E-state index >= 15 is 0 Å². The molecular formula is C43H42N2. The average molecular weight is 587 g/mol. The molecule has 1 heterocycles.